The van der Waals surface area contributed by atoms with Gasteiger partial charge in [0.25, 0.3) is 5.91 Å². The number of rotatable bonds is 8. The van der Waals surface area contributed by atoms with E-state index < -0.39 is 0 Å². The zero-order chi connectivity index (χ0) is 23.9. The number of carbonyl (C=O) groups excluding carboxylic acids is 1. The van der Waals surface area contributed by atoms with Crippen molar-refractivity contribution in [3.8, 4) is 16.9 Å². The molecule has 0 saturated heterocycles. The molecular formula is C28H29N5O2. The van der Waals surface area contributed by atoms with Crippen molar-refractivity contribution in [2.75, 3.05) is 19.7 Å². The number of carbonyl (C=O) groups is 1. The first-order valence-electron chi connectivity index (χ1n) is 12.0. The highest BCUT2D eigenvalue weighted by molar-refractivity contribution is 5.77. The molecule has 1 aliphatic heterocycles. The molecule has 0 saturated carbocycles. The van der Waals surface area contributed by atoms with E-state index in [1.54, 1.807) is 0 Å². The summed E-state index contributed by atoms with van der Waals surface area (Å²) >= 11 is 0. The maximum absolute atomic E-state index is 12.2. The van der Waals surface area contributed by atoms with Gasteiger partial charge in [-0.2, -0.15) is 0 Å². The lowest BCUT2D eigenvalue weighted by Gasteiger charge is -2.20. The molecule has 0 fully saturated rings. The summed E-state index contributed by atoms with van der Waals surface area (Å²) in [6, 6.07) is 28.6. The third-order valence-corrected chi connectivity index (χ3v) is 6.22. The molecule has 7 nitrogen and oxygen atoms in total. The van der Waals surface area contributed by atoms with E-state index in [1.165, 1.54) is 16.7 Å². The normalized spacial score (nSPS) is 13.6. The molecule has 0 aliphatic carbocycles. The monoisotopic (exact) mass is 467 g/mol. The molecule has 5 rings (SSSR count). The number of benzene rings is 3. The smallest absolute Gasteiger partial charge is 0.258 e. The number of ether oxygens (including phenoxy) is 1. The molecule has 4 aromatic rings. The first kappa shape index (κ1) is 22.8. The van der Waals surface area contributed by atoms with Crippen LogP contribution in [0, 0.1) is 0 Å². The van der Waals surface area contributed by atoms with Crippen molar-refractivity contribution in [1.29, 1.82) is 0 Å². The fourth-order valence-electron chi connectivity index (χ4n) is 4.30. The molecule has 7 heteroatoms. The van der Waals surface area contributed by atoms with Crippen molar-refractivity contribution >= 4 is 5.91 Å². The van der Waals surface area contributed by atoms with Crippen molar-refractivity contribution < 1.29 is 9.53 Å². The van der Waals surface area contributed by atoms with Gasteiger partial charge in [-0.3, -0.25) is 9.69 Å². The molecule has 2 heterocycles. The Morgan fingerprint density at radius 3 is 2.31 bits per heavy atom. The minimum atomic E-state index is -0.180. The van der Waals surface area contributed by atoms with Crippen LogP contribution < -0.4 is 10.1 Å². The van der Waals surface area contributed by atoms with Gasteiger partial charge in [0.15, 0.2) is 12.4 Å². The summed E-state index contributed by atoms with van der Waals surface area (Å²) in [7, 11) is 0. The lowest BCUT2D eigenvalue weighted by molar-refractivity contribution is -0.123. The predicted molar refractivity (Wildman–Crippen MR) is 135 cm³/mol. The molecule has 0 unspecified atom stereocenters. The average Bonchev–Trinajstić information content (AvgIpc) is 3.19. The Hall–Kier alpha value is -3.97. The van der Waals surface area contributed by atoms with Crippen LogP contribution in [0.1, 0.15) is 17.2 Å². The van der Waals surface area contributed by atoms with Crippen LogP contribution in [0.4, 0.5) is 0 Å². The van der Waals surface area contributed by atoms with Crippen molar-refractivity contribution in [2.45, 2.75) is 26.1 Å². The molecule has 1 N–H and O–H groups in total. The molecule has 178 valence electrons. The van der Waals surface area contributed by atoms with Crippen molar-refractivity contribution in [3.63, 3.8) is 0 Å². The van der Waals surface area contributed by atoms with Gasteiger partial charge < -0.3 is 14.6 Å². The molecule has 1 aliphatic rings. The lowest BCUT2D eigenvalue weighted by atomic mass is 10.0. The van der Waals surface area contributed by atoms with Gasteiger partial charge in [-0.05, 0) is 28.8 Å². The molecule has 0 atom stereocenters. The fourth-order valence-corrected chi connectivity index (χ4v) is 4.30. The van der Waals surface area contributed by atoms with E-state index in [0.717, 1.165) is 44.2 Å². The SMILES string of the molecule is O=C(COc1ccccc1)NCc1nnc2n1CCN(Cc1ccc(-c3ccccc3)cc1)CC2. The van der Waals surface area contributed by atoms with Crippen LogP contribution in [0.3, 0.4) is 0 Å². The highest BCUT2D eigenvalue weighted by atomic mass is 16.5. The standard InChI is InChI=1S/C28H29N5O2/c34-28(21-35-25-9-5-2-6-10-25)29-19-27-31-30-26-15-16-32(17-18-33(26)27)20-22-11-13-24(14-12-22)23-7-3-1-4-8-23/h1-14H,15-21H2,(H,29,34). The number of nitrogens with one attached hydrogen (secondary N) is 1. The highest BCUT2D eigenvalue weighted by Gasteiger charge is 2.19. The Bertz CT molecular complexity index is 1240. The fraction of sp³-hybridized carbons (Fsp3) is 0.250. The number of hydrogen-bond acceptors (Lipinski definition) is 5. The Kier molecular flexibility index (Phi) is 7.15. The lowest BCUT2D eigenvalue weighted by Crippen LogP contribution is -2.30. The second kappa shape index (κ2) is 11.0. The predicted octanol–water partition coefficient (Wildman–Crippen LogP) is 3.70. The zero-order valence-electron chi connectivity index (χ0n) is 19.6. The van der Waals surface area contributed by atoms with Crippen molar-refractivity contribution in [3.05, 3.63) is 102 Å². The topological polar surface area (TPSA) is 72.3 Å². The van der Waals surface area contributed by atoms with Gasteiger partial charge in [-0.1, -0.05) is 72.8 Å². The first-order valence-corrected chi connectivity index (χ1v) is 12.0. The van der Waals surface area contributed by atoms with Gasteiger partial charge in [-0.15, -0.1) is 10.2 Å². The van der Waals surface area contributed by atoms with Gasteiger partial charge in [0.1, 0.15) is 11.6 Å². The van der Waals surface area contributed by atoms with Crippen LogP contribution in [0.15, 0.2) is 84.9 Å². The van der Waals surface area contributed by atoms with E-state index in [2.05, 4.69) is 73.5 Å². The summed E-state index contributed by atoms with van der Waals surface area (Å²) in [5, 5.41) is 11.6. The van der Waals surface area contributed by atoms with E-state index in [4.69, 9.17) is 4.74 Å². The molecule has 0 bridgehead atoms. The summed E-state index contributed by atoms with van der Waals surface area (Å²) in [4.78, 5) is 14.7. The Balaban J connectivity index is 1.12. The van der Waals surface area contributed by atoms with Crippen LogP contribution in [0.5, 0.6) is 5.75 Å². The van der Waals surface area contributed by atoms with Gasteiger partial charge >= 0.3 is 0 Å². The van der Waals surface area contributed by atoms with E-state index in [-0.39, 0.29) is 12.5 Å². The van der Waals surface area contributed by atoms with E-state index in [0.29, 0.717) is 12.3 Å². The molecule has 35 heavy (non-hydrogen) atoms. The van der Waals surface area contributed by atoms with Gasteiger partial charge in [0, 0.05) is 32.6 Å². The van der Waals surface area contributed by atoms with E-state index >= 15 is 0 Å². The molecule has 1 aromatic heterocycles. The summed E-state index contributed by atoms with van der Waals surface area (Å²) in [5.74, 6) is 2.24. The summed E-state index contributed by atoms with van der Waals surface area (Å²) in [6.07, 6.45) is 0.833. The number of fused-ring (bicyclic) bond motifs is 1. The second-order valence-electron chi connectivity index (χ2n) is 8.65. The largest absolute Gasteiger partial charge is 0.484 e. The molecular weight excluding hydrogens is 438 g/mol. The zero-order valence-corrected chi connectivity index (χ0v) is 19.6. The molecule has 0 radical (unpaired) electrons. The first-order chi connectivity index (χ1) is 17.2. The minimum absolute atomic E-state index is 0.0259. The Morgan fingerprint density at radius 2 is 1.54 bits per heavy atom. The number of hydrogen-bond donors (Lipinski definition) is 1. The van der Waals surface area contributed by atoms with Crippen LogP contribution in [-0.2, 0) is 30.8 Å². The van der Waals surface area contributed by atoms with Crippen molar-refractivity contribution in [2.24, 2.45) is 0 Å². The van der Waals surface area contributed by atoms with E-state index in [1.807, 2.05) is 36.4 Å². The van der Waals surface area contributed by atoms with Gasteiger partial charge in [0.2, 0.25) is 0 Å². The second-order valence-corrected chi connectivity index (χ2v) is 8.65. The third-order valence-electron chi connectivity index (χ3n) is 6.22. The average molecular weight is 468 g/mol. The van der Waals surface area contributed by atoms with Gasteiger partial charge in [0.05, 0.1) is 6.54 Å². The number of para-hydroxylation sites is 1. The Morgan fingerprint density at radius 1 is 0.829 bits per heavy atom. The summed E-state index contributed by atoms with van der Waals surface area (Å²) in [5.41, 5.74) is 3.77. The maximum atomic E-state index is 12.2. The minimum Gasteiger partial charge on any atom is -0.484 e. The number of aromatic nitrogens is 3. The summed E-state index contributed by atoms with van der Waals surface area (Å²) < 4.78 is 7.65. The highest BCUT2D eigenvalue weighted by Crippen LogP contribution is 2.20. The van der Waals surface area contributed by atoms with Crippen molar-refractivity contribution in [1.82, 2.24) is 25.0 Å². The molecule has 1 amide bonds. The van der Waals surface area contributed by atoms with Crippen LogP contribution in [0.2, 0.25) is 0 Å². The van der Waals surface area contributed by atoms with Crippen LogP contribution >= 0.6 is 0 Å². The third kappa shape index (κ3) is 5.94. The maximum Gasteiger partial charge on any atom is 0.258 e. The van der Waals surface area contributed by atoms with Crippen LogP contribution in [0.25, 0.3) is 11.1 Å². The van der Waals surface area contributed by atoms with Crippen LogP contribution in [-0.4, -0.2) is 45.3 Å². The number of amides is 1. The molecule has 3 aromatic carbocycles. The van der Waals surface area contributed by atoms with Gasteiger partial charge in [-0.25, -0.2) is 0 Å². The molecule has 0 spiro atoms. The Labute approximate surface area is 205 Å². The quantitative estimate of drug-likeness (QED) is 0.428. The number of nitrogens with zero attached hydrogens (tertiary/aromatic N) is 4. The van der Waals surface area contributed by atoms with E-state index in [9.17, 15) is 4.79 Å². The summed E-state index contributed by atoms with van der Waals surface area (Å²) in [6.45, 7) is 3.85.